The largest absolute Gasteiger partial charge is 0.497 e. The Morgan fingerprint density at radius 1 is 1.04 bits per heavy atom. The van der Waals surface area contributed by atoms with Crippen molar-refractivity contribution >= 4 is 11.6 Å². The first kappa shape index (κ1) is 18.4. The predicted octanol–water partition coefficient (Wildman–Crippen LogP) is 0.392. The Kier molecular flexibility index (Phi) is 5.69. The van der Waals surface area contributed by atoms with E-state index in [1.807, 2.05) is 19.2 Å². The number of piperazine rings is 4. The van der Waals surface area contributed by atoms with Gasteiger partial charge < -0.3 is 19.9 Å². The molecule has 4 aliphatic heterocycles. The number of methoxy groups -OCH3 is 1. The van der Waals surface area contributed by atoms with E-state index in [0.29, 0.717) is 6.04 Å². The highest BCUT2D eigenvalue weighted by molar-refractivity contribution is 5.80. The van der Waals surface area contributed by atoms with Gasteiger partial charge in [-0.15, -0.1) is 0 Å². The number of aliphatic imine (C=N–C) groups is 1. The summed E-state index contributed by atoms with van der Waals surface area (Å²) in [7, 11) is 3.61. The van der Waals surface area contributed by atoms with Crippen LogP contribution in [0.15, 0.2) is 29.3 Å². The lowest BCUT2D eigenvalue weighted by Crippen LogP contribution is -2.64. The standard InChI is InChI=1S/C20H32N6O/c1-21-20(22-15-18-16-23-7-9-25(18)10-8-23)26-13-11-24(12-14-26)17-3-5-19(27-2)6-4-17/h3-6,18H,7-16H2,1-2H3,(H,21,22). The van der Waals surface area contributed by atoms with E-state index < -0.39 is 0 Å². The number of ether oxygens (including phenoxy) is 1. The zero-order valence-corrected chi connectivity index (χ0v) is 16.6. The van der Waals surface area contributed by atoms with Crippen molar-refractivity contribution in [2.45, 2.75) is 6.04 Å². The number of nitrogens with one attached hydrogen (secondary N) is 1. The van der Waals surface area contributed by atoms with E-state index in [1.54, 1.807) is 7.11 Å². The molecule has 1 atom stereocenters. The Labute approximate surface area is 162 Å². The second-order valence-corrected chi connectivity index (χ2v) is 7.59. The van der Waals surface area contributed by atoms with Crippen LogP contribution < -0.4 is 15.0 Å². The van der Waals surface area contributed by atoms with Gasteiger partial charge >= 0.3 is 0 Å². The molecule has 27 heavy (non-hydrogen) atoms. The molecule has 5 rings (SSSR count). The normalized spacial score (nSPS) is 28.4. The topological polar surface area (TPSA) is 46.6 Å². The quantitative estimate of drug-likeness (QED) is 0.610. The summed E-state index contributed by atoms with van der Waals surface area (Å²) in [6, 6.07) is 8.97. The predicted molar refractivity (Wildman–Crippen MR) is 110 cm³/mol. The number of fused-ring (bicyclic) bond motifs is 3. The number of hydrogen-bond acceptors (Lipinski definition) is 5. The summed E-state index contributed by atoms with van der Waals surface area (Å²) in [5.74, 6) is 1.95. The summed E-state index contributed by atoms with van der Waals surface area (Å²) in [5.41, 5.74) is 1.26. The van der Waals surface area contributed by atoms with Crippen LogP contribution in [0.1, 0.15) is 0 Å². The van der Waals surface area contributed by atoms with Crippen molar-refractivity contribution in [2.24, 2.45) is 4.99 Å². The van der Waals surface area contributed by atoms with Crippen molar-refractivity contribution in [3.8, 4) is 5.75 Å². The van der Waals surface area contributed by atoms with Gasteiger partial charge in [-0.2, -0.15) is 0 Å². The van der Waals surface area contributed by atoms with E-state index in [2.05, 4.69) is 42.0 Å². The van der Waals surface area contributed by atoms with Gasteiger partial charge in [0.1, 0.15) is 5.75 Å². The first-order valence-electron chi connectivity index (χ1n) is 10.1. The number of hydrogen-bond donors (Lipinski definition) is 1. The maximum Gasteiger partial charge on any atom is 0.193 e. The van der Waals surface area contributed by atoms with E-state index in [1.165, 1.54) is 38.4 Å². The SMILES string of the molecule is CN=C(NCC1CN2CCN1CC2)N1CCN(c2ccc(OC)cc2)CC1. The molecule has 4 saturated heterocycles. The third-order valence-corrected chi connectivity index (χ3v) is 6.12. The van der Waals surface area contributed by atoms with E-state index in [0.717, 1.165) is 44.4 Å². The van der Waals surface area contributed by atoms with Crippen molar-refractivity contribution in [2.75, 3.05) is 84.5 Å². The Morgan fingerprint density at radius 2 is 1.74 bits per heavy atom. The summed E-state index contributed by atoms with van der Waals surface area (Å²) in [5, 5.41) is 3.64. The minimum atomic E-state index is 0.616. The maximum absolute atomic E-state index is 5.26. The lowest BCUT2D eigenvalue weighted by Gasteiger charge is -2.48. The molecule has 0 amide bonds. The van der Waals surface area contributed by atoms with E-state index in [-0.39, 0.29) is 0 Å². The second kappa shape index (κ2) is 8.35. The minimum Gasteiger partial charge on any atom is -0.497 e. The second-order valence-electron chi connectivity index (χ2n) is 7.59. The molecule has 4 aliphatic rings. The van der Waals surface area contributed by atoms with Gasteiger partial charge in [0.2, 0.25) is 0 Å². The number of anilines is 1. The molecule has 0 aliphatic carbocycles. The summed E-state index contributed by atoms with van der Waals surface area (Å²) < 4.78 is 5.26. The molecule has 0 aromatic heterocycles. The number of rotatable bonds is 4. The van der Waals surface area contributed by atoms with Crippen molar-refractivity contribution in [1.29, 1.82) is 0 Å². The number of nitrogens with zero attached hydrogens (tertiary/aromatic N) is 5. The molecule has 4 fully saturated rings. The van der Waals surface area contributed by atoms with Crippen LogP contribution in [0.5, 0.6) is 5.75 Å². The average molecular weight is 373 g/mol. The van der Waals surface area contributed by atoms with Crippen LogP contribution in [0.2, 0.25) is 0 Å². The minimum absolute atomic E-state index is 0.616. The van der Waals surface area contributed by atoms with Crippen LogP contribution in [0.3, 0.4) is 0 Å². The van der Waals surface area contributed by atoms with Crippen LogP contribution in [-0.2, 0) is 0 Å². The van der Waals surface area contributed by atoms with Gasteiger partial charge in [-0.1, -0.05) is 0 Å². The van der Waals surface area contributed by atoms with Crippen LogP contribution in [0, 0.1) is 0 Å². The summed E-state index contributed by atoms with van der Waals surface area (Å²) in [4.78, 5) is 14.6. The Hall–Kier alpha value is -1.99. The highest BCUT2D eigenvalue weighted by atomic mass is 16.5. The lowest BCUT2D eigenvalue weighted by atomic mass is 10.1. The average Bonchev–Trinajstić information content (AvgIpc) is 2.75. The summed E-state index contributed by atoms with van der Waals surface area (Å²) in [6.45, 7) is 11.1. The van der Waals surface area contributed by atoms with Crippen LogP contribution in [0.4, 0.5) is 5.69 Å². The van der Waals surface area contributed by atoms with Gasteiger partial charge in [0.25, 0.3) is 0 Å². The smallest absolute Gasteiger partial charge is 0.193 e. The van der Waals surface area contributed by atoms with Crippen LogP contribution >= 0.6 is 0 Å². The molecule has 148 valence electrons. The molecule has 4 heterocycles. The van der Waals surface area contributed by atoms with Gasteiger partial charge in [-0.25, -0.2) is 0 Å². The van der Waals surface area contributed by atoms with Crippen molar-refractivity contribution in [3.05, 3.63) is 24.3 Å². The fraction of sp³-hybridized carbons (Fsp3) is 0.650. The first-order chi connectivity index (χ1) is 13.3. The number of benzene rings is 1. The molecule has 2 bridgehead atoms. The lowest BCUT2D eigenvalue weighted by molar-refractivity contribution is 0.0152. The van der Waals surface area contributed by atoms with Crippen LogP contribution in [0.25, 0.3) is 0 Å². The Bertz CT molecular complexity index is 632. The van der Waals surface area contributed by atoms with E-state index in [9.17, 15) is 0 Å². The number of guanidine groups is 1. The third-order valence-electron chi connectivity index (χ3n) is 6.12. The zero-order valence-electron chi connectivity index (χ0n) is 16.6. The van der Waals surface area contributed by atoms with E-state index in [4.69, 9.17) is 4.74 Å². The fourth-order valence-corrected chi connectivity index (χ4v) is 4.43. The molecular formula is C20H32N6O. The van der Waals surface area contributed by atoms with Gasteiger partial charge in [-0.3, -0.25) is 14.8 Å². The third kappa shape index (κ3) is 4.14. The van der Waals surface area contributed by atoms with Gasteiger partial charge in [-0.05, 0) is 24.3 Å². The maximum atomic E-state index is 5.26. The van der Waals surface area contributed by atoms with Crippen molar-refractivity contribution in [1.82, 2.24) is 20.0 Å². The highest BCUT2D eigenvalue weighted by Crippen LogP contribution is 2.20. The summed E-state index contributed by atoms with van der Waals surface area (Å²) >= 11 is 0. The first-order valence-corrected chi connectivity index (χ1v) is 10.1. The molecule has 0 radical (unpaired) electrons. The molecule has 7 heteroatoms. The van der Waals surface area contributed by atoms with Crippen molar-refractivity contribution < 1.29 is 4.74 Å². The molecular weight excluding hydrogens is 340 g/mol. The molecule has 1 aromatic carbocycles. The van der Waals surface area contributed by atoms with Gasteiger partial charge in [0.15, 0.2) is 5.96 Å². The van der Waals surface area contributed by atoms with Crippen molar-refractivity contribution in [3.63, 3.8) is 0 Å². The molecule has 1 unspecified atom stereocenters. The van der Waals surface area contributed by atoms with E-state index >= 15 is 0 Å². The molecule has 1 aromatic rings. The Morgan fingerprint density at radius 3 is 2.30 bits per heavy atom. The molecule has 0 saturated carbocycles. The van der Waals surface area contributed by atoms with Crippen LogP contribution in [-0.4, -0.2) is 106 Å². The summed E-state index contributed by atoms with van der Waals surface area (Å²) in [6.07, 6.45) is 0. The molecule has 0 spiro atoms. The molecule has 7 nitrogen and oxygen atoms in total. The monoisotopic (exact) mass is 372 g/mol. The Balaban J connectivity index is 1.27. The van der Waals surface area contributed by atoms with Gasteiger partial charge in [0.05, 0.1) is 7.11 Å². The fourth-order valence-electron chi connectivity index (χ4n) is 4.43. The van der Waals surface area contributed by atoms with Gasteiger partial charge in [0, 0.05) is 84.2 Å². The highest BCUT2D eigenvalue weighted by Gasteiger charge is 2.32. The zero-order chi connectivity index (χ0) is 18.6. The molecule has 1 N–H and O–H groups in total.